The van der Waals surface area contributed by atoms with Crippen LogP contribution in [-0.4, -0.2) is 62.3 Å². The molecule has 2 aromatic carbocycles. The molecule has 1 atom stereocenters. The number of ether oxygens (including phenoxy) is 3. The molecule has 2 aromatic rings. The summed E-state index contributed by atoms with van der Waals surface area (Å²) in [6.07, 6.45) is -2.63. The molecule has 1 aliphatic carbocycles. The van der Waals surface area contributed by atoms with Gasteiger partial charge in [0.1, 0.15) is 6.04 Å². The van der Waals surface area contributed by atoms with Crippen molar-refractivity contribution in [2.24, 2.45) is 16.6 Å². The van der Waals surface area contributed by atoms with Crippen LogP contribution in [0.25, 0.3) is 0 Å². The van der Waals surface area contributed by atoms with Crippen molar-refractivity contribution < 1.29 is 51.3 Å². The second-order valence-corrected chi connectivity index (χ2v) is 10.6. The lowest BCUT2D eigenvalue weighted by Crippen LogP contribution is -2.40. The molecule has 242 valence electrons. The van der Waals surface area contributed by atoms with Crippen LogP contribution >= 0.6 is 0 Å². The van der Waals surface area contributed by atoms with Gasteiger partial charge in [-0.25, -0.2) is 14.2 Å². The first-order valence-corrected chi connectivity index (χ1v) is 13.6. The number of nitrogens with zero attached hydrogens (tertiary/aromatic N) is 1. The van der Waals surface area contributed by atoms with Gasteiger partial charge in [-0.1, -0.05) is 26.0 Å². The van der Waals surface area contributed by atoms with Crippen LogP contribution in [0.5, 0.6) is 17.2 Å². The third-order valence-electron chi connectivity index (χ3n) is 6.81. The van der Waals surface area contributed by atoms with Gasteiger partial charge in [-0.3, -0.25) is 14.9 Å². The zero-order valence-electron chi connectivity index (χ0n) is 25.1. The van der Waals surface area contributed by atoms with Crippen molar-refractivity contribution in [3.63, 3.8) is 0 Å². The quantitative estimate of drug-likeness (QED) is 0.176. The molecule has 44 heavy (non-hydrogen) atoms. The summed E-state index contributed by atoms with van der Waals surface area (Å²) in [6.45, 7) is 4.00. The van der Waals surface area contributed by atoms with Gasteiger partial charge in [0.2, 0.25) is 5.91 Å². The average Bonchev–Trinajstić information content (AvgIpc) is 3.72. The first-order valence-electron chi connectivity index (χ1n) is 13.6. The van der Waals surface area contributed by atoms with Gasteiger partial charge in [0.05, 0.1) is 27.8 Å². The van der Waals surface area contributed by atoms with Crippen molar-refractivity contribution in [1.29, 1.82) is 0 Å². The van der Waals surface area contributed by atoms with Crippen molar-refractivity contribution in [2.75, 3.05) is 21.3 Å². The Kier molecular flexibility index (Phi) is 12.5. The van der Waals surface area contributed by atoms with Gasteiger partial charge >= 0.3 is 12.1 Å². The lowest BCUT2D eigenvalue weighted by Gasteiger charge is -2.20. The van der Waals surface area contributed by atoms with E-state index in [0.717, 1.165) is 18.4 Å². The van der Waals surface area contributed by atoms with Gasteiger partial charge in [0.15, 0.2) is 34.8 Å². The van der Waals surface area contributed by atoms with E-state index in [4.69, 9.17) is 29.8 Å². The Morgan fingerprint density at radius 2 is 1.59 bits per heavy atom. The lowest BCUT2D eigenvalue weighted by molar-refractivity contribution is -0.192. The zero-order chi connectivity index (χ0) is 33.2. The Bertz CT molecular complexity index is 1360. The molecule has 1 saturated carbocycles. The Balaban J connectivity index is 0.000000860. The number of nitrogens with one attached hydrogen (secondary N) is 1. The number of hydrogen-bond donors (Lipinski definition) is 3. The minimum Gasteiger partial charge on any atom is -0.494 e. The molecule has 3 rings (SSSR count). The topological polar surface area (TPSA) is 150 Å². The summed E-state index contributed by atoms with van der Waals surface area (Å²) in [5.74, 6) is -2.28. The Labute approximate surface area is 252 Å². The molecule has 1 fully saturated rings. The predicted molar refractivity (Wildman–Crippen MR) is 153 cm³/mol. The number of amides is 1. The van der Waals surface area contributed by atoms with Crippen molar-refractivity contribution >= 4 is 23.6 Å². The Morgan fingerprint density at radius 1 is 1.00 bits per heavy atom. The van der Waals surface area contributed by atoms with E-state index < -0.39 is 24.0 Å². The Morgan fingerprint density at radius 3 is 2.09 bits per heavy atom. The third-order valence-corrected chi connectivity index (χ3v) is 6.81. The molecule has 10 nitrogen and oxygen atoms in total. The molecule has 1 amide bonds. The summed E-state index contributed by atoms with van der Waals surface area (Å²) >= 11 is 0. The molecule has 0 aromatic heterocycles. The summed E-state index contributed by atoms with van der Waals surface area (Å²) in [6, 6.07) is 9.26. The van der Waals surface area contributed by atoms with E-state index in [9.17, 15) is 27.2 Å². The number of halogens is 4. The number of carboxylic acid groups (broad SMARTS) is 1. The van der Waals surface area contributed by atoms with E-state index in [1.807, 2.05) is 13.8 Å². The van der Waals surface area contributed by atoms with E-state index in [0.29, 0.717) is 23.5 Å². The number of aliphatic carboxylic acids is 1. The molecule has 1 aliphatic rings. The van der Waals surface area contributed by atoms with Crippen molar-refractivity contribution in [3.8, 4) is 17.2 Å². The first kappa shape index (κ1) is 35.8. The molecule has 0 saturated heterocycles. The SMILES string of the molecule is COc1cc(C2(CC(=O)[C@@H](CC(C)C)N=C(N)NC(=O)Cc3ccc(OC)c(OC)c3)CC2)ccc1F.O=C(O)C(F)(F)F. The number of hydrogen-bond acceptors (Lipinski definition) is 7. The number of carbonyl (C=O) groups is 3. The van der Waals surface area contributed by atoms with Crippen LogP contribution in [0.4, 0.5) is 17.6 Å². The van der Waals surface area contributed by atoms with Crippen molar-refractivity contribution in [1.82, 2.24) is 5.32 Å². The number of alkyl halides is 3. The minimum absolute atomic E-state index is 0.0505. The molecule has 0 heterocycles. The van der Waals surface area contributed by atoms with E-state index in [1.165, 1.54) is 27.4 Å². The van der Waals surface area contributed by atoms with Crippen molar-refractivity contribution in [3.05, 3.63) is 53.3 Å². The second kappa shape index (κ2) is 15.4. The summed E-state index contributed by atoms with van der Waals surface area (Å²) in [5.41, 5.74) is 7.29. The summed E-state index contributed by atoms with van der Waals surface area (Å²) in [4.78, 5) is 39.2. The van der Waals surface area contributed by atoms with Crippen LogP contribution in [-0.2, 0) is 26.2 Å². The van der Waals surface area contributed by atoms with E-state index >= 15 is 0 Å². The number of methoxy groups -OCH3 is 3. The van der Waals surface area contributed by atoms with Crippen LogP contribution in [0, 0.1) is 11.7 Å². The summed E-state index contributed by atoms with van der Waals surface area (Å²) in [7, 11) is 4.48. The highest BCUT2D eigenvalue weighted by Crippen LogP contribution is 2.52. The van der Waals surface area contributed by atoms with Gasteiger partial charge in [-0.15, -0.1) is 0 Å². The normalized spacial score (nSPS) is 14.5. The lowest BCUT2D eigenvalue weighted by atomic mass is 9.87. The number of benzene rings is 2. The van der Waals surface area contributed by atoms with Gasteiger partial charge in [0.25, 0.3) is 0 Å². The molecular weight excluding hydrogens is 590 g/mol. The molecular formula is C30H37F4N3O7. The smallest absolute Gasteiger partial charge is 0.490 e. The number of carbonyl (C=O) groups excluding carboxylic acids is 2. The number of nitrogens with two attached hydrogens (primary N) is 1. The molecule has 14 heteroatoms. The third kappa shape index (κ3) is 10.4. The highest BCUT2D eigenvalue weighted by atomic mass is 19.4. The number of Topliss-reactive ketones (excluding diaryl/α,β-unsaturated/α-hetero) is 1. The standard InChI is InChI=1S/C28H36FN3O5.C2HF3O2/c1-17(2)12-21(22(33)16-28(10-11-28)19-7-8-20(29)24(15-19)36-4)31-27(30)32-26(34)14-18-6-9-23(35-3)25(13-18)37-5;3-2(4,5)1(6)7/h6-9,13,15,17,21H,10-12,14,16H2,1-5H3,(H3,30,31,32,34);(H,6,7)/t21-;/m1./s1. The highest BCUT2D eigenvalue weighted by molar-refractivity contribution is 5.98. The first-order chi connectivity index (χ1) is 20.5. The fraction of sp³-hybridized carbons (Fsp3) is 0.467. The van der Waals surface area contributed by atoms with Crippen LogP contribution in [0.2, 0.25) is 0 Å². The largest absolute Gasteiger partial charge is 0.494 e. The molecule has 0 unspecified atom stereocenters. The highest BCUT2D eigenvalue weighted by Gasteiger charge is 2.47. The fourth-order valence-electron chi connectivity index (χ4n) is 4.43. The number of carboxylic acids is 1. The van der Waals surface area contributed by atoms with Gasteiger partial charge in [-0.2, -0.15) is 13.2 Å². The minimum atomic E-state index is -5.08. The van der Waals surface area contributed by atoms with Crippen LogP contribution in [0.1, 0.15) is 50.7 Å². The van der Waals surface area contributed by atoms with Crippen LogP contribution in [0.3, 0.4) is 0 Å². The number of ketones is 1. The predicted octanol–water partition coefficient (Wildman–Crippen LogP) is 4.56. The van der Waals surface area contributed by atoms with Gasteiger partial charge < -0.3 is 25.1 Å². The maximum atomic E-state index is 13.9. The molecule has 0 spiro atoms. The summed E-state index contributed by atoms with van der Waals surface area (Å²) < 4.78 is 61.3. The zero-order valence-corrected chi connectivity index (χ0v) is 25.1. The molecule has 4 N–H and O–H groups in total. The maximum absolute atomic E-state index is 13.9. The molecule has 0 aliphatic heterocycles. The molecule has 0 bridgehead atoms. The Hall–Kier alpha value is -4.36. The summed E-state index contributed by atoms with van der Waals surface area (Å²) in [5, 5.41) is 9.72. The van der Waals surface area contributed by atoms with Gasteiger partial charge in [-0.05, 0) is 60.6 Å². The van der Waals surface area contributed by atoms with Crippen LogP contribution in [0.15, 0.2) is 41.4 Å². The van der Waals surface area contributed by atoms with E-state index in [-0.39, 0.29) is 47.6 Å². The van der Waals surface area contributed by atoms with Crippen molar-refractivity contribution in [2.45, 2.75) is 63.6 Å². The van der Waals surface area contributed by atoms with E-state index in [2.05, 4.69) is 10.3 Å². The number of aliphatic imine (C=N–C) groups is 1. The van der Waals surface area contributed by atoms with Crippen LogP contribution < -0.4 is 25.3 Å². The number of guanidine groups is 1. The average molecular weight is 628 g/mol. The second-order valence-electron chi connectivity index (χ2n) is 10.6. The van der Waals surface area contributed by atoms with E-state index in [1.54, 1.807) is 30.3 Å². The fourth-order valence-corrected chi connectivity index (χ4v) is 4.43. The number of rotatable bonds is 12. The molecule has 0 radical (unpaired) electrons. The maximum Gasteiger partial charge on any atom is 0.490 e. The monoisotopic (exact) mass is 627 g/mol. The van der Waals surface area contributed by atoms with Gasteiger partial charge in [0, 0.05) is 11.8 Å².